The molecule has 2 heteroatoms. The van der Waals surface area contributed by atoms with Crippen LogP contribution in [0.3, 0.4) is 0 Å². The van der Waals surface area contributed by atoms with Crippen LogP contribution in [-0.2, 0) is 0 Å². The molecule has 1 aromatic rings. The molecule has 0 aromatic heterocycles. The SMILES string of the molecule is C[C@H](c1ccccc1)N1CCC1C#N. The fourth-order valence-electron chi connectivity index (χ4n) is 1.93. The third kappa shape index (κ3) is 1.51. The Balaban J connectivity index is 2.10. The summed E-state index contributed by atoms with van der Waals surface area (Å²) >= 11 is 0. The fraction of sp³-hybridized carbons (Fsp3) is 0.417. The standard InChI is InChI=1S/C12H14N2/c1-10(11-5-3-2-4-6-11)14-8-7-12(14)9-13/h2-6,10,12H,7-8H2,1H3/t10-,12?/m1/s1. The topological polar surface area (TPSA) is 27.0 Å². The Hall–Kier alpha value is -1.33. The van der Waals surface area contributed by atoms with Crippen LogP contribution in [-0.4, -0.2) is 17.5 Å². The lowest BCUT2D eigenvalue weighted by atomic mass is 9.97. The van der Waals surface area contributed by atoms with Crippen molar-refractivity contribution in [1.82, 2.24) is 4.90 Å². The number of hydrogen-bond acceptors (Lipinski definition) is 2. The van der Waals surface area contributed by atoms with E-state index in [-0.39, 0.29) is 6.04 Å². The van der Waals surface area contributed by atoms with Gasteiger partial charge in [0.2, 0.25) is 0 Å². The number of nitrogens with zero attached hydrogens (tertiary/aromatic N) is 2. The van der Waals surface area contributed by atoms with Crippen LogP contribution in [0.25, 0.3) is 0 Å². The molecule has 0 radical (unpaired) electrons. The monoisotopic (exact) mass is 186 g/mol. The first-order valence-corrected chi connectivity index (χ1v) is 5.03. The maximum Gasteiger partial charge on any atom is 0.0995 e. The summed E-state index contributed by atoms with van der Waals surface area (Å²) in [5, 5.41) is 8.86. The summed E-state index contributed by atoms with van der Waals surface area (Å²) in [4.78, 5) is 2.25. The van der Waals surface area contributed by atoms with Crippen molar-refractivity contribution in [3.8, 4) is 6.07 Å². The normalized spacial score (nSPS) is 23.6. The zero-order chi connectivity index (χ0) is 9.97. The second kappa shape index (κ2) is 3.81. The van der Waals surface area contributed by atoms with Crippen LogP contribution in [0, 0.1) is 11.3 Å². The highest BCUT2D eigenvalue weighted by Crippen LogP contribution is 2.29. The molecule has 1 unspecified atom stereocenters. The van der Waals surface area contributed by atoms with Crippen LogP contribution in [0.2, 0.25) is 0 Å². The van der Waals surface area contributed by atoms with E-state index in [1.807, 2.05) is 18.2 Å². The Morgan fingerprint density at radius 3 is 2.64 bits per heavy atom. The Morgan fingerprint density at radius 2 is 2.14 bits per heavy atom. The number of nitriles is 1. The molecule has 2 atom stereocenters. The van der Waals surface area contributed by atoms with Crippen molar-refractivity contribution in [3.63, 3.8) is 0 Å². The predicted molar refractivity (Wildman–Crippen MR) is 55.6 cm³/mol. The summed E-state index contributed by atoms with van der Waals surface area (Å²) in [5.41, 5.74) is 1.30. The molecule has 1 aromatic carbocycles. The van der Waals surface area contributed by atoms with Gasteiger partial charge in [-0.05, 0) is 18.9 Å². The zero-order valence-electron chi connectivity index (χ0n) is 8.35. The van der Waals surface area contributed by atoms with Gasteiger partial charge in [-0.3, -0.25) is 4.90 Å². The highest BCUT2D eigenvalue weighted by molar-refractivity contribution is 5.20. The summed E-state index contributed by atoms with van der Waals surface area (Å²) in [5.74, 6) is 0. The Morgan fingerprint density at radius 1 is 1.43 bits per heavy atom. The van der Waals surface area contributed by atoms with Crippen molar-refractivity contribution in [2.24, 2.45) is 0 Å². The smallest absolute Gasteiger partial charge is 0.0995 e. The molecule has 1 heterocycles. The lowest BCUT2D eigenvalue weighted by Gasteiger charge is -2.41. The van der Waals surface area contributed by atoms with Gasteiger partial charge in [-0.2, -0.15) is 5.26 Å². The van der Waals surface area contributed by atoms with Gasteiger partial charge in [-0.25, -0.2) is 0 Å². The molecule has 0 N–H and O–H groups in total. The third-order valence-electron chi connectivity index (χ3n) is 2.99. The minimum Gasteiger partial charge on any atom is -0.281 e. The van der Waals surface area contributed by atoms with Crippen molar-refractivity contribution in [1.29, 1.82) is 5.26 Å². The van der Waals surface area contributed by atoms with E-state index in [4.69, 9.17) is 5.26 Å². The van der Waals surface area contributed by atoms with Crippen molar-refractivity contribution >= 4 is 0 Å². The molecular formula is C12H14N2. The van der Waals surface area contributed by atoms with Crippen LogP contribution >= 0.6 is 0 Å². The Kier molecular flexibility index (Phi) is 2.51. The number of benzene rings is 1. The number of hydrogen-bond donors (Lipinski definition) is 0. The Labute approximate surface area is 84.8 Å². The van der Waals surface area contributed by atoms with Crippen molar-refractivity contribution < 1.29 is 0 Å². The molecule has 0 aliphatic carbocycles. The molecular weight excluding hydrogens is 172 g/mol. The molecule has 0 bridgehead atoms. The molecule has 1 aliphatic rings. The largest absolute Gasteiger partial charge is 0.281 e. The van der Waals surface area contributed by atoms with Gasteiger partial charge in [0.25, 0.3) is 0 Å². The first-order chi connectivity index (χ1) is 6.83. The summed E-state index contributed by atoms with van der Waals surface area (Å²) in [6, 6.07) is 13.2. The van der Waals surface area contributed by atoms with Gasteiger partial charge >= 0.3 is 0 Å². The van der Waals surface area contributed by atoms with Gasteiger partial charge < -0.3 is 0 Å². The summed E-state index contributed by atoms with van der Waals surface area (Å²) < 4.78 is 0. The lowest BCUT2D eigenvalue weighted by molar-refractivity contribution is 0.0834. The van der Waals surface area contributed by atoms with E-state index in [1.54, 1.807) is 0 Å². The maximum atomic E-state index is 8.86. The highest BCUT2D eigenvalue weighted by atomic mass is 15.2. The fourth-order valence-corrected chi connectivity index (χ4v) is 1.93. The van der Waals surface area contributed by atoms with Gasteiger partial charge in [-0.1, -0.05) is 30.3 Å². The van der Waals surface area contributed by atoms with Gasteiger partial charge in [0.15, 0.2) is 0 Å². The molecule has 1 fully saturated rings. The third-order valence-corrected chi connectivity index (χ3v) is 2.99. The first kappa shape index (κ1) is 9.23. The Bertz CT molecular complexity index is 339. The minimum absolute atomic E-state index is 0.130. The molecule has 0 saturated carbocycles. The van der Waals surface area contributed by atoms with Crippen LogP contribution in [0.15, 0.2) is 30.3 Å². The number of likely N-dealkylation sites (tertiary alicyclic amines) is 1. The molecule has 1 aliphatic heterocycles. The molecule has 2 rings (SSSR count). The average Bonchev–Trinajstić information content (AvgIpc) is 2.18. The maximum absolute atomic E-state index is 8.86. The van der Waals surface area contributed by atoms with Gasteiger partial charge in [0.1, 0.15) is 0 Å². The van der Waals surface area contributed by atoms with E-state index >= 15 is 0 Å². The van der Waals surface area contributed by atoms with Crippen LogP contribution in [0.1, 0.15) is 24.9 Å². The average molecular weight is 186 g/mol. The van der Waals surface area contributed by atoms with Crippen LogP contribution in [0.5, 0.6) is 0 Å². The second-order valence-corrected chi connectivity index (χ2v) is 3.76. The van der Waals surface area contributed by atoms with Gasteiger partial charge in [-0.15, -0.1) is 0 Å². The van der Waals surface area contributed by atoms with Crippen molar-refractivity contribution in [3.05, 3.63) is 35.9 Å². The highest BCUT2D eigenvalue weighted by Gasteiger charge is 2.31. The van der Waals surface area contributed by atoms with E-state index in [9.17, 15) is 0 Å². The second-order valence-electron chi connectivity index (χ2n) is 3.76. The zero-order valence-corrected chi connectivity index (χ0v) is 8.35. The quantitative estimate of drug-likeness (QED) is 0.709. The van der Waals surface area contributed by atoms with Gasteiger partial charge in [0, 0.05) is 12.6 Å². The molecule has 0 spiro atoms. The lowest BCUT2D eigenvalue weighted by Crippen LogP contribution is -2.47. The van der Waals surface area contributed by atoms with E-state index in [0.29, 0.717) is 6.04 Å². The molecule has 1 saturated heterocycles. The van der Waals surface area contributed by atoms with E-state index in [2.05, 4.69) is 30.0 Å². The van der Waals surface area contributed by atoms with Crippen molar-refractivity contribution in [2.45, 2.75) is 25.4 Å². The first-order valence-electron chi connectivity index (χ1n) is 5.03. The van der Waals surface area contributed by atoms with Crippen LogP contribution < -0.4 is 0 Å². The summed E-state index contributed by atoms with van der Waals surface area (Å²) in [6.07, 6.45) is 1.02. The van der Waals surface area contributed by atoms with Gasteiger partial charge in [0.05, 0.1) is 12.1 Å². The number of rotatable bonds is 2. The van der Waals surface area contributed by atoms with E-state index in [0.717, 1.165) is 13.0 Å². The molecule has 72 valence electrons. The summed E-state index contributed by atoms with van der Waals surface area (Å²) in [6.45, 7) is 3.22. The van der Waals surface area contributed by atoms with E-state index < -0.39 is 0 Å². The molecule has 14 heavy (non-hydrogen) atoms. The van der Waals surface area contributed by atoms with Crippen molar-refractivity contribution in [2.75, 3.05) is 6.54 Å². The molecule has 2 nitrogen and oxygen atoms in total. The summed E-state index contributed by atoms with van der Waals surface area (Å²) in [7, 11) is 0. The molecule has 0 amide bonds. The van der Waals surface area contributed by atoms with E-state index in [1.165, 1.54) is 5.56 Å². The minimum atomic E-state index is 0.130. The van der Waals surface area contributed by atoms with Crippen LogP contribution in [0.4, 0.5) is 0 Å². The predicted octanol–water partition coefficient (Wildman–Crippen LogP) is 2.35.